The van der Waals surface area contributed by atoms with Crippen molar-refractivity contribution in [2.45, 2.75) is 24.9 Å². The number of nitrogens with one attached hydrogen (secondary N) is 1. The topological polar surface area (TPSA) is 54.5 Å². The van der Waals surface area contributed by atoms with Gasteiger partial charge in [-0.1, -0.05) is 12.1 Å². The first-order chi connectivity index (χ1) is 12.1. The molecule has 0 unspecified atom stereocenters. The molecule has 4 heterocycles. The maximum absolute atomic E-state index is 14.0. The summed E-state index contributed by atoms with van der Waals surface area (Å²) in [7, 11) is 0. The van der Waals surface area contributed by atoms with Gasteiger partial charge in [0.25, 0.3) is 0 Å². The van der Waals surface area contributed by atoms with Gasteiger partial charge in [0, 0.05) is 44.5 Å². The molecule has 2 aromatic rings. The average molecular weight is 402 g/mol. The summed E-state index contributed by atoms with van der Waals surface area (Å²) in [5, 5.41) is 2.59. The number of hydrogen-bond donors (Lipinski definition) is 1. The highest BCUT2D eigenvalue weighted by Crippen LogP contribution is 2.37. The Morgan fingerprint density at radius 3 is 2.62 bits per heavy atom. The number of ether oxygens (including phenoxy) is 1. The fourth-order valence-corrected chi connectivity index (χ4v) is 4.24. The number of nitrogens with zero attached hydrogens (tertiary/aromatic N) is 2. The monoisotopic (exact) mass is 401 g/mol. The third-order valence-corrected chi connectivity index (χ3v) is 5.80. The molecule has 1 aromatic heterocycles. The second-order valence-corrected chi connectivity index (χ2v) is 7.28. The van der Waals surface area contributed by atoms with Crippen LogP contribution in [0, 0.1) is 11.6 Å². The number of amides is 1. The Balaban J connectivity index is 0.00000196. The quantitative estimate of drug-likeness (QED) is 0.833. The van der Waals surface area contributed by atoms with Gasteiger partial charge in [0.15, 0.2) is 17.5 Å². The zero-order valence-electron chi connectivity index (χ0n) is 13.8. The van der Waals surface area contributed by atoms with Crippen LogP contribution in [0.4, 0.5) is 19.4 Å². The molecular weight excluding hydrogens is 384 g/mol. The molecule has 1 N–H and O–H groups in total. The first-order valence-electron chi connectivity index (χ1n) is 8.17. The summed E-state index contributed by atoms with van der Waals surface area (Å²) in [4.78, 5) is 19.1. The molecule has 2 bridgehead atoms. The predicted molar refractivity (Wildman–Crippen MR) is 97.8 cm³/mol. The van der Waals surface area contributed by atoms with E-state index < -0.39 is 23.3 Å². The van der Waals surface area contributed by atoms with E-state index in [9.17, 15) is 13.6 Å². The van der Waals surface area contributed by atoms with Gasteiger partial charge < -0.3 is 9.64 Å². The molecule has 0 radical (unpaired) electrons. The maximum atomic E-state index is 14.0. The Morgan fingerprint density at radius 2 is 1.92 bits per heavy atom. The Bertz CT molecular complexity index is 795. The van der Waals surface area contributed by atoms with Crippen LogP contribution in [0.3, 0.4) is 0 Å². The van der Waals surface area contributed by atoms with Crippen molar-refractivity contribution in [2.24, 2.45) is 0 Å². The van der Waals surface area contributed by atoms with Crippen molar-refractivity contribution in [3.8, 4) is 10.4 Å². The molecule has 3 aliphatic rings. The maximum Gasteiger partial charge on any atom is 0.413 e. The molecule has 0 aliphatic carbocycles. The summed E-state index contributed by atoms with van der Waals surface area (Å²) in [6.07, 6.45) is 1.87. The number of aromatic nitrogens is 1. The molecule has 0 saturated carbocycles. The van der Waals surface area contributed by atoms with Gasteiger partial charge in [-0.05, 0) is 6.07 Å². The van der Waals surface area contributed by atoms with Crippen LogP contribution in [0.2, 0.25) is 0 Å². The second kappa shape index (κ2) is 7.46. The van der Waals surface area contributed by atoms with E-state index in [1.807, 2.05) is 0 Å². The molecule has 9 heteroatoms. The SMILES string of the molecule is Cl.O=C(Nc1ncsc1-c1cccc(F)c1F)OC12CCN(CC1)CC2. The predicted octanol–water partition coefficient (Wildman–Crippen LogP) is 4.30. The summed E-state index contributed by atoms with van der Waals surface area (Å²) in [6.45, 7) is 2.80. The van der Waals surface area contributed by atoms with Gasteiger partial charge in [0.2, 0.25) is 0 Å². The normalized spacial score (nSPS) is 24.0. The molecule has 26 heavy (non-hydrogen) atoms. The smallest absolute Gasteiger partial charge is 0.413 e. The van der Waals surface area contributed by atoms with Crippen LogP contribution >= 0.6 is 23.7 Å². The van der Waals surface area contributed by atoms with Crippen molar-refractivity contribution < 1.29 is 18.3 Å². The minimum absolute atomic E-state index is 0. The molecule has 0 atom stereocenters. The fourth-order valence-electron chi connectivity index (χ4n) is 3.47. The van der Waals surface area contributed by atoms with E-state index >= 15 is 0 Å². The first kappa shape index (κ1) is 19.0. The minimum atomic E-state index is -0.957. The average Bonchev–Trinajstić information content (AvgIpc) is 3.06. The number of thiazole rings is 1. The second-order valence-electron chi connectivity index (χ2n) is 6.42. The van der Waals surface area contributed by atoms with Crippen LogP contribution in [0.1, 0.15) is 19.3 Å². The molecule has 0 spiro atoms. The lowest BCUT2D eigenvalue weighted by Crippen LogP contribution is -2.54. The van der Waals surface area contributed by atoms with Crippen molar-refractivity contribution >= 4 is 35.7 Å². The van der Waals surface area contributed by atoms with Crippen molar-refractivity contribution in [2.75, 3.05) is 25.0 Å². The van der Waals surface area contributed by atoms with Gasteiger partial charge in [0.1, 0.15) is 5.60 Å². The van der Waals surface area contributed by atoms with E-state index in [0.717, 1.165) is 56.3 Å². The number of halogens is 3. The van der Waals surface area contributed by atoms with E-state index in [4.69, 9.17) is 4.74 Å². The molecule has 3 aliphatic heterocycles. The largest absolute Gasteiger partial charge is 0.443 e. The summed E-state index contributed by atoms with van der Waals surface area (Å²) < 4.78 is 33.2. The molecule has 5 nitrogen and oxygen atoms in total. The van der Waals surface area contributed by atoms with E-state index in [2.05, 4.69) is 15.2 Å². The molecule has 3 fully saturated rings. The van der Waals surface area contributed by atoms with Crippen LogP contribution in [-0.4, -0.2) is 41.2 Å². The Labute approximate surface area is 159 Å². The third-order valence-electron chi connectivity index (χ3n) is 4.94. The molecule has 5 rings (SSSR count). The number of piperidine rings is 3. The van der Waals surface area contributed by atoms with Gasteiger partial charge >= 0.3 is 6.09 Å². The van der Waals surface area contributed by atoms with Crippen LogP contribution in [0.25, 0.3) is 10.4 Å². The summed E-state index contributed by atoms with van der Waals surface area (Å²) in [5.41, 5.74) is 1.13. The molecule has 1 amide bonds. The van der Waals surface area contributed by atoms with Gasteiger partial charge in [-0.3, -0.25) is 5.32 Å². The number of benzene rings is 1. The van der Waals surface area contributed by atoms with Crippen molar-refractivity contribution in [3.05, 3.63) is 35.3 Å². The zero-order chi connectivity index (χ0) is 17.4. The Hall–Kier alpha value is -1.77. The van der Waals surface area contributed by atoms with Crippen molar-refractivity contribution in [3.63, 3.8) is 0 Å². The highest BCUT2D eigenvalue weighted by atomic mass is 35.5. The third kappa shape index (κ3) is 3.54. The summed E-state index contributed by atoms with van der Waals surface area (Å²) in [5.74, 6) is -1.71. The molecule has 3 saturated heterocycles. The highest BCUT2D eigenvalue weighted by Gasteiger charge is 2.42. The van der Waals surface area contributed by atoms with Gasteiger partial charge in [-0.2, -0.15) is 0 Å². The first-order valence-corrected chi connectivity index (χ1v) is 9.04. The van der Waals surface area contributed by atoms with Crippen LogP contribution in [0.15, 0.2) is 23.7 Å². The number of fused-ring (bicyclic) bond motifs is 3. The minimum Gasteiger partial charge on any atom is -0.443 e. The van der Waals surface area contributed by atoms with Crippen LogP contribution in [-0.2, 0) is 4.74 Å². The number of rotatable bonds is 3. The number of anilines is 1. The van der Waals surface area contributed by atoms with E-state index in [1.54, 1.807) is 0 Å². The number of hydrogen-bond acceptors (Lipinski definition) is 5. The molecule has 140 valence electrons. The lowest BCUT2D eigenvalue weighted by Gasteiger charge is -2.47. The lowest BCUT2D eigenvalue weighted by atomic mass is 9.83. The van der Waals surface area contributed by atoms with Gasteiger partial charge in [0.05, 0.1) is 10.4 Å². The molecular formula is C17H18ClF2N3O2S. The molecule has 1 aromatic carbocycles. The lowest BCUT2D eigenvalue weighted by molar-refractivity contribution is -0.0742. The highest BCUT2D eigenvalue weighted by molar-refractivity contribution is 7.13. The van der Waals surface area contributed by atoms with Crippen LogP contribution in [0.5, 0.6) is 0 Å². The fraction of sp³-hybridized carbons (Fsp3) is 0.412. The number of carbonyl (C=O) groups is 1. The summed E-state index contributed by atoms with van der Waals surface area (Å²) in [6, 6.07) is 3.93. The van der Waals surface area contributed by atoms with Crippen LogP contribution < -0.4 is 5.32 Å². The number of carbonyl (C=O) groups excluding carboxylic acids is 1. The van der Waals surface area contributed by atoms with E-state index in [-0.39, 0.29) is 23.8 Å². The Kier molecular flexibility index (Phi) is 5.45. The zero-order valence-corrected chi connectivity index (χ0v) is 15.5. The van der Waals surface area contributed by atoms with E-state index in [1.165, 1.54) is 17.6 Å². The standard InChI is InChI=1S/C17H17F2N3O2S.ClH/c18-12-3-1-2-11(13(12)19)14-15(20-10-25-14)21-16(23)24-17-4-7-22(8-5-17)9-6-17;/h1-3,10H,4-9H2,(H,21,23);1H. The van der Waals surface area contributed by atoms with E-state index in [0.29, 0.717) is 4.88 Å². The van der Waals surface area contributed by atoms with Gasteiger partial charge in [-0.15, -0.1) is 23.7 Å². The van der Waals surface area contributed by atoms with Crippen molar-refractivity contribution in [1.29, 1.82) is 0 Å². The summed E-state index contributed by atoms with van der Waals surface area (Å²) >= 11 is 1.13. The van der Waals surface area contributed by atoms with Gasteiger partial charge in [-0.25, -0.2) is 18.6 Å². The van der Waals surface area contributed by atoms with Crippen molar-refractivity contribution in [1.82, 2.24) is 9.88 Å². The Morgan fingerprint density at radius 1 is 1.23 bits per heavy atom.